The minimum atomic E-state index is -2.53. The Balaban J connectivity index is 1.83. The second kappa shape index (κ2) is 8.39. The zero-order valence-electron chi connectivity index (χ0n) is 12.3. The van der Waals surface area contributed by atoms with E-state index < -0.39 is 23.4 Å². The Labute approximate surface area is 140 Å². The number of hydrazine groups is 1. The lowest BCUT2D eigenvalue weighted by Crippen LogP contribution is -2.42. The lowest BCUT2D eigenvalue weighted by molar-refractivity contribution is -0.121. The Morgan fingerprint density at radius 3 is 2.17 bits per heavy atom. The smallest absolute Gasteiger partial charge is 0.273 e. The number of halogens is 3. The van der Waals surface area contributed by atoms with E-state index in [0.29, 0.717) is 22.2 Å². The quantitative estimate of drug-likeness (QED) is 0.641. The van der Waals surface area contributed by atoms with Gasteiger partial charge in [0.15, 0.2) is 0 Å². The molecule has 0 radical (unpaired) electrons. The summed E-state index contributed by atoms with van der Waals surface area (Å²) in [4.78, 5) is 23.9. The van der Waals surface area contributed by atoms with Crippen LogP contribution < -0.4 is 10.9 Å². The van der Waals surface area contributed by atoms with E-state index in [-0.39, 0.29) is 12.0 Å². The number of hydrogen-bond donors (Lipinski definition) is 2. The van der Waals surface area contributed by atoms with Gasteiger partial charge in [0.1, 0.15) is 5.82 Å². The molecule has 2 aromatic rings. The Morgan fingerprint density at radius 1 is 0.958 bits per heavy atom. The van der Waals surface area contributed by atoms with Crippen molar-refractivity contribution in [2.45, 2.75) is 17.1 Å². The molecule has 2 aromatic carbocycles. The molecule has 0 saturated carbocycles. The Kier molecular flexibility index (Phi) is 6.25. The number of nitrogens with one attached hydrogen (secondary N) is 2. The van der Waals surface area contributed by atoms with Gasteiger partial charge in [-0.2, -0.15) is 8.78 Å². The van der Waals surface area contributed by atoms with Crippen molar-refractivity contribution in [2.75, 3.05) is 0 Å². The summed E-state index contributed by atoms with van der Waals surface area (Å²) in [6.45, 7) is 0. The Morgan fingerprint density at radius 2 is 1.58 bits per heavy atom. The summed E-state index contributed by atoms with van der Waals surface area (Å²) < 4.78 is 37.2. The first kappa shape index (κ1) is 17.9. The van der Waals surface area contributed by atoms with Crippen molar-refractivity contribution >= 4 is 23.6 Å². The molecule has 0 aliphatic heterocycles. The molecule has 8 heteroatoms. The van der Waals surface area contributed by atoms with Crippen molar-refractivity contribution in [3.05, 3.63) is 65.5 Å². The van der Waals surface area contributed by atoms with Gasteiger partial charge in [0.25, 0.3) is 11.7 Å². The minimum Gasteiger partial charge on any atom is -0.273 e. The Bertz CT molecular complexity index is 706. The fourth-order valence-corrected chi connectivity index (χ4v) is 2.32. The SMILES string of the molecule is O=C(Cc1ccc(F)cc1)NNC(=O)c1ccc(SC(F)F)cc1. The standard InChI is InChI=1S/C16H13F3N2O2S/c17-12-5-1-10(2-6-12)9-14(22)20-21-15(23)11-3-7-13(8-4-11)24-16(18)19/h1-8,16H,9H2,(H,20,22)(H,21,23). The van der Waals surface area contributed by atoms with E-state index in [2.05, 4.69) is 10.9 Å². The normalized spacial score (nSPS) is 10.5. The lowest BCUT2D eigenvalue weighted by Gasteiger charge is -2.08. The molecule has 0 fully saturated rings. The van der Waals surface area contributed by atoms with Crippen LogP contribution in [0.3, 0.4) is 0 Å². The van der Waals surface area contributed by atoms with Crippen LogP contribution in [0.5, 0.6) is 0 Å². The van der Waals surface area contributed by atoms with Crippen LogP contribution in [0.1, 0.15) is 15.9 Å². The molecular formula is C16H13F3N2O2S. The number of carbonyl (C=O) groups excluding carboxylic acids is 2. The number of carbonyl (C=O) groups is 2. The number of thioether (sulfide) groups is 1. The largest absolute Gasteiger partial charge is 0.288 e. The van der Waals surface area contributed by atoms with E-state index >= 15 is 0 Å². The summed E-state index contributed by atoms with van der Waals surface area (Å²) in [5.74, 6) is -3.98. The molecular weight excluding hydrogens is 341 g/mol. The molecule has 2 amide bonds. The van der Waals surface area contributed by atoms with E-state index in [1.165, 1.54) is 48.5 Å². The third kappa shape index (κ3) is 5.62. The van der Waals surface area contributed by atoms with Gasteiger partial charge in [-0.3, -0.25) is 20.4 Å². The first-order chi connectivity index (χ1) is 11.4. The number of hydrogen-bond acceptors (Lipinski definition) is 3. The van der Waals surface area contributed by atoms with Crippen molar-refractivity contribution < 1.29 is 22.8 Å². The van der Waals surface area contributed by atoms with Crippen molar-refractivity contribution in [3.8, 4) is 0 Å². The van der Waals surface area contributed by atoms with Crippen LogP contribution in [-0.4, -0.2) is 17.6 Å². The first-order valence-electron chi connectivity index (χ1n) is 6.82. The van der Waals surface area contributed by atoms with Crippen LogP contribution in [0.2, 0.25) is 0 Å². The summed E-state index contributed by atoms with van der Waals surface area (Å²) in [6, 6.07) is 11.0. The van der Waals surface area contributed by atoms with E-state index in [0.717, 1.165) is 0 Å². The molecule has 2 N–H and O–H groups in total. The summed E-state index contributed by atoms with van der Waals surface area (Å²) in [6.07, 6.45) is -0.0233. The average molecular weight is 354 g/mol. The summed E-state index contributed by atoms with van der Waals surface area (Å²) >= 11 is 0.378. The monoisotopic (exact) mass is 354 g/mol. The van der Waals surface area contributed by atoms with Crippen molar-refractivity contribution in [1.29, 1.82) is 0 Å². The van der Waals surface area contributed by atoms with Crippen molar-refractivity contribution in [2.24, 2.45) is 0 Å². The molecule has 0 unspecified atom stereocenters. The molecule has 0 saturated heterocycles. The molecule has 4 nitrogen and oxygen atoms in total. The maximum absolute atomic E-state index is 12.8. The maximum atomic E-state index is 12.8. The molecule has 0 atom stereocenters. The fraction of sp³-hybridized carbons (Fsp3) is 0.125. The number of benzene rings is 2. The van der Waals surface area contributed by atoms with Gasteiger partial charge in [-0.1, -0.05) is 23.9 Å². The van der Waals surface area contributed by atoms with Gasteiger partial charge in [0.05, 0.1) is 6.42 Å². The van der Waals surface area contributed by atoms with E-state index in [4.69, 9.17) is 0 Å². The topological polar surface area (TPSA) is 58.2 Å². The molecule has 0 aromatic heterocycles. The van der Waals surface area contributed by atoms with Gasteiger partial charge < -0.3 is 0 Å². The number of amides is 2. The Hall–Kier alpha value is -2.48. The molecule has 126 valence electrons. The molecule has 0 aliphatic rings. The molecule has 0 spiro atoms. The van der Waals surface area contributed by atoms with Gasteiger partial charge in [-0.05, 0) is 42.0 Å². The average Bonchev–Trinajstić information content (AvgIpc) is 2.55. The second-order valence-corrected chi connectivity index (χ2v) is 5.77. The highest BCUT2D eigenvalue weighted by atomic mass is 32.2. The predicted molar refractivity (Wildman–Crippen MR) is 84.0 cm³/mol. The van der Waals surface area contributed by atoms with Gasteiger partial charge in [0.2, 0.25) is 5.91 Å². The van der Waals surface area contributed by atoms with Gasteiger partial charge in [0, 0.05) is 10.5 Å². The molecule has 2 rings (SSSR count). The van der Waals surface area contributed by atoms with Gasteiger partial charge >= 0.3 is 0 Å². The zero-order chi connectivity index (χ0) is 17.5. The summed E-state index contributed by atoms with van der Waals surface area (Å²) in [5.41, 5.74) is 5.27. The van der Waals surface area contributed by atoms with Crippen LogP contribution in [-0.2, 0) is 11.2 Å². The number of alkyl halides is 2. The summed E-state index contributed by atoms with van der Waals surface area (Å²) in [7, 11) is 0. The number of rotatable bonds is 5. The highest BCUT2D eigenvalue weighted by Gasteiger charge is 2.10. The van der Waals surface area contributed by atoms with Crippen LogP contribution >= 0.6 is 11.8 Å². The maximum Gasteiger partial charge on any atom is 0.288 e. The third-order valence-corrected chi connectivity index (χ3v) is 3.66. The van der Waals surface area contributed by atoms with Crippen LogP contribution in [0.25, 0.3) is 0 Å². The second-order valence-electron chi connectivity index (χ2n) is 4.71. The van der Waals surface area contributed by atoms with E-state index in [9.17, 15) is 22.8 Å². The highest BCUT2D eigenvalue weighted by Crippen LogP contribution is 2.25. The van der Waals surface area contributed by atoms with Crippen LogP contribution in [0, 0.1) is 5.82 Å². The van der Waals surface area contributed by atoms with Crippen LogP contribution in [0.4, 0.5) is 13.2 Å². The van der Waals surface area contributed by atoms with Gasteiger partial charge in [-0.25, -0.2) is 4.39 Å². The first-order valence-corrected chi connectivity index (χ1v) is 7.70. The van der Waals surface area contributed by atoms with E-state index in [1.54, 1.807) is 0 Å². The van der Waals surface area contributed by atoms with Crippen molar-refractivity contribution in [3.63, 3.8) is 0 Å². The summed E-state index contributed by atoms with van der Waals surface area (Å²) in [5, 5.41) is 0. The third-order valence-electron chi connectivity index (χ3n) is 2.94. The molecule has 24 heavy (non-hydrogen) atoms. The molecule has 0 aliphatic carbocycles. The molecule has 0 heterocycles. The fourth-order valence-electron chi connectivity index (χ4n) is 1.82. The van der Waals surface area contributed by atoms with Gasteiger partial charge in [-0.15, -0.1) is 0 Å². The van der Waals surface area contributed by atoms with E-state index in [1.807, 2.05) is 0 Å². The van der Waals surface area contributed by atoms with Crippen molar-refractivity contribution in [1.82, 2.24) is 10.9 Å². The minimum absolute atomic E-state index is 0.0233. The lowest BCUT2D eigenvalue weighted by atomic mass is 10.1. The predicted octanol–water partition coefficient (Wildman–Crippen LogP) is 3.14. The van der Waals surface area contributed by atoms with Crippen LogP contribution in [0.15, 0.2) is 53.4 Å². The molecule has 0 bridgehead atoms. The zero-order valence-corrected chi connectivity index (χ0v) is 13.1. The highest BCUT2D eigenvalue weighted by molar-refractivity contribution is 7.99.